The Kier molecular flexibility index (Phi) is 7.78. The second kappa shape index (κ2) is 10.7. The monoisotopic (exact) mass is 416 g/mol. The molecule has 1 aromatic carbocycles. The summed E-state index contributed by atoms with van der Waals surface area (Å²) in [7, 11) is 3.14. The van der Waals surface area contributed by atoms with Crippen LogP contribution < -0.4 is 15.0 Å². The van der Waals surface area contributed by atoms with Crippen molar-refractivity contribution < 1.29 is 19.0 Å². The molecular formula is C21H28N4O5. The van der Waals surface area contributed by atoms with Crippen molar-refractivity contribution in [2.75, 3.05) is 40.5 Å². The molecule has 2 heterocycles. The first-order valence-electron chi connectivity index (χ1n) is 10.2. The van der Waals surface area contributed by atoms with Crippen LogP contribution in [0.4, 0.5) is 0 Å². The maximum absolute atomic E-state index is 12.4. The van der Waals surface area contributed by atoms with Crippen molar-refractivity contribution in [3.63, 3.8) is 0 Å². The third kappa shape index (κ3) is 5.56. The number of methoxy groups -OCH3 is 2. The number of carbonyl (C=O) groups is 1. The highest BCUT2D eigenvalue weighted by Crippen LogP contribution is 2.31. The molecule has 9 nitrogen and oxygen atoms in total. The molecule has 1 saturated heterocycles. The zero-order valence-electron chi connectivity index (χ0n) is 17.5. The number of nitrogens with zero attached hydrogens (tertiary/aromatic N) is 3. The van der Waals surface area contributed by atoms with E-state index in [1.807, 2.05) is 4.90 Å². The van der Waals surface area contributed by atoms with Crippen molar-refractivity contribution in [1.82, 2.24) is 20.1 Å². The van der Waals surface area contributed by atoms with Gasteiger partial charge in [0.05, 0.1) is 13.7 Å². The minimum Gasteiger partial charge on any atom is -0.493 e. The lowest BCUT2D eigenvalue weighted by Gasteiger charge is -2.26. The Morgan fingerprint density at radius 1 is 1.10 bits per heavy atom. The summed E-state index contributed by atoms with van der Waals surface area (Å²) in [5.74, 6) is 1.48. The minimum atomic E-state index is -0.342. The highest BCUT2D eigenvalue weighted by molar-refractivity contribution is 5.76. The van der Waals surface area contributed by atoms with E-state index in [4.69, 9.17) is 14.2 Å². The second-order valence-corrected chi connectivity index (χ2v) is 7.10. The average Bonchev–Trinajstić information content (AvgIpc) is 2.79. The van der Waals surface area contributed by atoms with Crippen LogP contribution in [-0.4, -0.2) is 66.5 Å². The number of ether oxygens (including phenoxy) is 3. The first kappa shape index (κ1) is 21.8. The molecule has 1 aliphatic rings. The number of benzene rings is 1. The van der Waals surface area contributed by atoms with E-state index in [1.54, 1.807) is 32.4 Å². The maximum atomic E-state index is 12.4. The lowest BCUT2D eigenvalue weighted by Crippen LogP contribution is -2.36. The summed E-state index contributed by atoms with van der Waals surface area (Å²) in [5, 5.41) is 8.19. The van der Waals surface area contributed by atoms with Crippen LogP contribution in [0.25, 0.3) is 11.4 Å². The molecule has 0 saturated carbocycles. The highest BCUT2D eigenvalue weighted by Gasteiger charge is 2.17. The lowest BCUT2D eigenvalue weighted by atomic mass is 10.1. The number of H-pyrrole nitrogens is 1. The fourth-order valence-electron chi connectivity index (χ4n) is 3.35. The number of aromatic amines is 1. The Bertz CT molecular complexity index is 909. The van der Waals surface area contributed by atoms with Gasteiger partial charge in [-0.3, -0.25) is 9.59 Å². The molecule has 0 unspecified atom stereocenters. The Labute approximate surface area is 175 Å². The molecule has 0 aliphatic carbocycles. The summed E-state index contributed by atoms with van der Waals surface area (Å²) < 4.78 is 16.0. The smallest absolute Gasteiger partial charge is 0.273 e. The fraction of sp³-hybridized carbons (Fsp3) is 0.524. The van der Waals surface area contributed by atoms with Crippen LogP contribution in [0, 0.1) is 0 Å². The molecule has 1 fully saturated rings. The van der Waals surface area contributed by atoms with Crippen molar-refractivity contribution in [3.05, 3.63) is 34.2 Å². The first-order chi connectivity index (χ1) is 14.6. The van der Waals surface area contributed by atoms with Gasteiger partial charge in [-0.15, -0.1) is 10.2 Å². The quantitative estimate of drug-likeness (QED) is 0.621. The third-order valence-corrected chi connectivity index (χ3v) is 5.03. The van der Waals surface area contributed by atoms with Gasteiger partial charge in [0.15, 0.2) is 17.3 Å². The predicted octanol–water partition coefficient (Wildman–Crippen LogP) is 1.81. The SMILES string of the molecule is COCCOc1ccc(-c2nnc(CCC(=O)N3CCCCC3)c(=O)[nH]2)cc1OC. The van der Waals surface area contributed by atoms with Crippen LogP contribution in [0.5, 0.6) is 11.5 Å². The first-order valence-corrected chi connectivity index (χ1v) is 10.2. The van der Waals surface area contributed by atoms with Crippen molar-refractivity contribution in [1.29, 1.82) is 0 Å². The van der Waals surface area contributed by atoms with Crippen LogP contribution in [0.1, 0.15) is 31.4 Å². The summed E-state index contributed by atoms with van der Waals surface area (Å²) in [6.07, 6.45) is 3.79. The molecule has 2 aromatic rings. The predicted molar refractivity (Wildman–Crippen MR) is 111 cm³/mol. The van der Waals surface area contributed by atoms with Crippen molar-refractivity contribution in [2.45, 2.75) is 32.1 Å². The van der Waals surface area contributed by atoms with Gasteiger partial charge in [0, 0.05) is 38.6 Å². The van der Waals surface area contributed by atoms with E-state index in [0.29, 0.717) is 36.1 Å². The van der Waals surface area contributed by atoms with Gasteiger partial charge in [-0.25, -0.2) is 0 Å². The number of aromatic nitrogens is 3. The summed E-state index contributed by atoms with van der Waals surface area (Å²) in [5.41, 5.74) is 0.563. The zero-order valence-corrected chi connectivity index (χ0v) is 17.5. The van der Waals surface area contributed by atoms with Gasteiger partial charge in [0.25, 0.3) is 5.56 Å². The van der Waals surface area contributed by atoms with E-state index in [0.717, 1.165) is 25.9 Å². The standard InChI is InChI=1S/C21H28N4O5/c1-28-12-13-30-17-8-6-15(14-18(17)29-2)20-22-21(27)16(23-24-20)7-9-19(26)25-10-4-3-5-11-25/h6,8,14H,3-5,7,9-13H2,1-2H3,(H,22,24,27). The number of hydrogen-bond acceptors (Lipinski definition) is 7. The van der Waals surface area contributed by atoms with Crippen LogP contribution in [0.3, 0.4) is 0 Å². The molecular weight excluding hydrogens is 388 g/mol. The molecule has 1 N–H and O–H groups in total. The lowest BCUT2D eigenvalue weighted by molar-refractivity contribution is -0.132. The number of aryl methyl sites for hydroxylation is 1. The van der Waals surface area contributed by atoms with E-state index < -0.39 is 0 Å². The van der Waals surface area contributed by atoms with Gasteiger partial charge >= 0.3 is 0 Å². The van der Waals surface area contributed by atoms with Gasteiger partial charge in [-0.2, -0.15) is 0 Å². The summed E-state index contributed by atoms with van der Waals surface area (Å²) in [6.45, 7) is 2.46. The van der Waals surface area contributed by atoms with E-state index in [2.05, 4.69) is 15.2 Å². The van der Waals surface area contributed by atoms with E-state index in [9.17, 15) is 9.59 Å². The fourth-order valence-corrected chi connectivity index (χ4v) is 3.35. The average molecular weight is 416 g/mol. The molecule has 0 atom stereocenters. The zero-order chi connectivity index (χ0) is 21.3. The molecule has 30 heavy (non-hydrogen) atoms. The Morgan fingerprint density at radius 3 is 2.60 bits per heavy atom. The van der Waals surface area contributed by atoms with E-state index in [1.165, 1.54) is 6.42 Å². The second-order valence-electron chi connectivity index (χ2n) is 7.10. The van der Waals surface area contributed by atoms with E-state index in [-0.39, 0.29) is 30.0 Å². The number of amides is 1. The van der Waals surface area contributed by atoms with Crippen LogP contribution in [-0.2, 0) is 16.0 Å². The van der Waals surface area contributed by atoms with Gasteiger partial charge in [-0.05, 0) is 37.5 Å². The molecule has 0 bridgehead atoms. The van der Waals surface area contributed by atoms with Gasteiger partial charge < -0.3 is 24.1 Å². The minimum absolute atomic E-state index is 0.0637. The van der Waals surface area contributed by atoms with Crippen molar-refractivity contribution in [2.24, 2.45) is 0 Å². The summed E-state index contributed by atoms with van der Waals surface area (Å²) in [6, 6.07) is 5.24. The molecule has 9 heteroatoms. The van der Waals surface area contributed by atoms with Crippen LogP contribution >= 0.6 is 0 Å². The van der Waals surface area contributed by atoms with Crippen LogP contribution in [0.2, 0.25) is 0 Å². The van der Waals surface area contributed by atoms with Crippen molar-refractivity contribution in [3.8, 4) is 22.9 Å². The number of piperidine rings is 1. The number of hydrogen-bond donors (Lipinski definition) is 1. The Morgan fingerprint density at radius 2 is 1.90 bits per heavy atom. The molecule has 162 valence electrons. The highest BCUT2D eigenvalue weighted by atomic mass is 16.5. The van der Waals surface area contributed by atoms with Gasteiger partial charge in [0.1, 0.15) is 12.3 Å². The normalized spacial score (nSPS) is 13.9. The molecule has 1 aromatic heterocycles. The molecule has 1 amide bonds. The molecule has 0 radical (unpaired) electrons. The van der Waals surface area contributed by atoms with Crippen molar-refractivity contribution >= 4 is 5.91 Å². The summed E-state index contributed by atoms with van der Waals surface area (Å²) in [4.78, 5) is 29.4. The molecule has 0 spiro atoms. The Balaban J connectivity index is 1.67. The number of rotatable bonds is 9. The third-order valence-electron chi connectivity index (χ3n) is 5.03. The van der Waals surface area contributed by atoms with Gasteiger partial charge in [0.2, 0.25) is 5.91 Å². The molecule has 3 rings (SSSR count). The maximum Gasteiger partial charge on any atom is 0.273 e. The number of carbonyl (C=O) groups excluding carboxylic acids is 1. The Hall–Kier alpha value is -2.94. The number of nitrogens with one attached hydrogen (secondary N) is 1. The van der Waals surface area contributed by atoms with E-state index >= 15 is 0 Å². The summed E-state index contributed by atoms with van der Waals surface area (Å²) >= 11 is 0. The molecule has 1 aliphatic heterocycles. The number of likely N-dealkylation sites (tertiary alicyclic amines) is 1. The van der Waals surface area contributed by atoms with Gasteiger partial charge in [-0.1, -0.05) is 0 Å². The topological polar surface area (TPSA) is 107 Å². The van der Waals surface area contributed by atoms with Crippen LogP contribution in [0.15, 0.2) is 23.0 Å². The largest absolute Gasteiger partial charge is 0.493 e.